The SMILES string of the molecule is CCC/C=C/CCCCCCOC[C@H](O)[C@@H]1OC[C@@H](O)[C@@H]1O. The van der Waals surface area contributed by atoms with Crippen LogP contribution in [0.2, 0.25) is 0 Å². The molecular weight excluding hydrogens is 284 g/mol. The second kappa shape index (κ2) is 12.0. The van der Waals surface area contributed by atoms with Crippen LogP contribution >= 0.6 is 0 Å². The molecule has 22 heavy (non-hydrogen) atoms. The van der Waals surface area contributed by atoms with Crippen LogP contribution in [0.3, 0.4) is 0 Å². The van der Waals surface area contributed by atoms with Gasteiger partial charge in [-0.1, -0.05) is 38.3 Å². The number of ether oxygens (including phenoxy) is 2. The predicted octanol–water partition coefficient (Wildman–Crippen LogP) is 1.79. The van der Waals surface area contributed by atoms with Gasteiger partial charge in [0, 0.05) is 6.61 Å². The van der Waals surface area contributed by atoms with E-state index >= 15 is 0 Å². The van der Waals surface area contributed by atoms with Gasteiger partial charge in [0.05, 0.1) is 13.2 Å². The number of allylic oxidation sites excluding steroid dienone is 2. The van der Waals surface area contributed by atoms with Crippen LogP contribution in [-0.4, -0.2) is 59.6 Å². The minimum Gasteiger partial charge on any atom is -0.388 e. The molecule has 0 unspecified atom stereocenters. The Bertz CT molecular complexity index is 295. The molecular formula is C17H32O5. The van der Waals surface area contributed by atoms with Gasteiger partial charge in [0.15, 0.2) is 0 Å². The minimum atomic E-state index is -1.03. The number of rotatable bonds is 12. The van der Waals surface area contributed by atoms with Crippen molar-refractivity contribution in [1.29, 1.82) is 0 Å². The van der Waals surface area contributed by atoms with Crippen molar-refractivity contribution in [2.75, 3.05) is 19.8 Å². The number of hydrogen-bond donors (Lipinski definition) is 3. The lowest BCUT2D eigenvalue weighted by atomic mass is 10.1. The first kappa shape index (κ1) is 19.6. The van der Waals surface area contributed by atoms with E-state index in [1.165, 1.54) is 25.7 Å². The van der Waals surface area contributed by atoms with Gasteiger partial charge >= 0.3 is 0 Å². The summed E-state index contributed by atoms with van der Waals surface area (Å²) in [6.07, 6.45) is 8.97. The van der Waals surface area contributed by atoms with Crippen LogP contribution in [0, 0.1) is 0 Å². The molecule has 1 aliphatic rings. The van der Waals surface area contributed by atoms with Crippen LogP contribution in [0.1, 0.15) is 51.9 Å². The largest absolute Gasteiger partial charge is 0.388 e. The summed E-state index contributed by atoms with van der Waals surface area (Å²) in [5.41, 5.74) is 0. The second-order valence-electron chi connectivity index (χ2n) is 5.96. The van der Waals surface area contributed by atoms with Gasteiger partial charge in [-0.25, -0.2) is 0 Å². The topological polar surface area (TPSA) is 79.2 Å². The smallest absolute Gasteiger partial charge is 0.114 e. The van der Waals surface area contributed by atoms with Gasteiger partial charge in [-0.05, 0) is 25.7 Å². The Morgan fingerprint density at radius 1 is 1.14 bits per heavy atom. The number of aliphatic hydroxyl groups is 3. The molecule has 5 heteroatoms. The molecule has 4 atom stereocenters. The Hall–Kier alpha value is -0.460. The molecule has 1 aliphatic heterocycles. The summed E-state index contributed by atoms with van der Waals surface area (Å²) in [6, 6.07) is 0. The molecule has 3 N–H and O–H groups in total. The Labute approximate surface area is 133 Å². The van der Waals surface area contributed by atoms with Gasteiger partial charge in [-0.2, -0.15) is 0 Å². The monoisotopic (exact) mass is 316 g/mol. The van der Waals surface area contributed by atoms with Crippen LogP contribution in [0.25, 0.3) is 0 Å². The number of aliphatic hydroxyl groups excluding tert-OH is 3. The van der Waals surface area contributed by atoms with Crippen molar-refractivity contribution in [3.05, 3.63) is 12.2 Å². The standard InChI is InChI=1S/C17H32O5/c1-2-3-4-5-6-7-8-9-10-11-21-12-15(19)17-16(20)14(18)13-22-17/h4-5,14-20H,2-3,6-13H2,1H3/b5-4+/t14-,15+,16+,17+/m1/s1. The molecule has 1 heterocycles. The minimum absolute atomic E-state index is 0.0651. The highest BCUT2D eigenvalue weighted by Gasteiger charge is 2.39. The molecule has 0 spiro atoms. The summed E-state index contributed by atoms with van der Waals surface area (Å²) in [7, 11) is 0. The molecule has 0 bridgehead atoms. The van der Waals surface area contributed by atoms with E-state index in [-0.39, 0.29) is 13.2 Å². The van der Waals surface area contributed by atoms with Crippen LogP contribution in [0.5, 0.6) is 0 Å². The van der Waals surface area contributed by atoms with E-state index in [1.54, 1.807) is 0 Å². The summed E-state index contributed by atoms with van der Waals surface area (Å²) in [6.45, 7) is 2.99. The Kier molecular flexibility index (Phi) is 10.7. The van der Waals surface area contributed by atoms with E-state index in [2.05, 4.69) is 19.1 Å². The third-order valence-corrected chi connectivity index (χ3v) is 3.89. The first-order valence-electron chi connectivity index (χ1n) is 8.55. The highest BCUT2D eigenvalue weighted by molar-refractivity contribution is 4.87. The van der Waals surface area contributed by atoms with Crippen molar-refractivity contribution < 1.29 is 24.8 Å². The number of unbranched alkanes of at least 4 members (excludes halogenated alkanes) is 5. The fraction of sp³-hybridized carbons (Fsp3) is 0.882. The summed E-state index contributed by atoms with van der Waals surface area (Å²) in [5, 5.41) is 28.8. The fourth-order valence-electron chi connectivity index (χ4n) is 2.49. The molecule has 1 saturated heterocycles. The van der Waals surface area contributed by atoms with Gasteiger partial charge < -0.3 is 24.8 Å². The zero-order chi connectivity index (χ0) is 16.2. The first-order chi connectivity index (χ1) is 10.7. The quantitative estimate of drug-likeness (QED) is 0.378. The normalized spacial score (nSPS) is 26.8. The van der Waals surface area contributed by atoms with Gasteiger partial charge in [-0.3, -0.25) is 0 Å². The molecule has 0 aromatic carbocycles. The maximum Gasteiger partial charge on any atom is 0.114 e. The predicted molar refractivity (Wildman–Crippen MR) is 85.7 cm³/mol. The molecule has 0 saturated carbocycles. The van der Waals surface area contributed by atoms with Crippen LogP contribution in [0.15, 0.2) is 12.2 Å². The maximum absolute atomic E-state index is 9.85. The van der Waals surface area contributed by atoms with Crippen molar-refractivity contribution in [2.45, 2.75) is 76.3 Å². The average Bonchev–Trinajstić information content (AvgIpc) is 2.84. The average molecular weight is 316 g/mol. The van der Waals surface area contributed by atoms with E-state index in [0.29, 0.717) is 6.61 Å². The van der Waals surface area contributed by atoms with Gasteiger partial charge in [0.2, 0.25) is 0 Å². The van der Waals surface area contributed by atoms with Crippen molar-refractivity contribution in [2.24, 2.45) is 0 Å². The van der Waals surface area contributed by atoms with Crippen molar-refractivity contribution >= 4 is 0 Å². The van der Waals surface area contributed by atoms with Gasteiger partial charge in [0.1, 0.15) is 24.4 Å². The Morgan fingerprint density at radius 3 is 2.55 bits per heavy atom. The van der Waals surface area contributed by atoms with Crippen LogP contribution in [0.4, 0.5) is 0 Å². The van der Waals surface area contributed by atoms with Crippen molar-refractivity contribution in [3.8, 4) is 0 Å². The summed E-state index contributed by atoms with van der Waals surface area (Å²) in [5.74, 6) is 0. The lowest BCUT2D eigenvalue weighted by Crippen LogP contribution is -2.40. The molecule has 0 radical (unpaired) electrons. The van der Waals surface area contributed by atoms with E-state index < -0.39 is 24.4 Å². The van der Waals surface area contributed by atoms with Crippen LogP contribution in [-0.2, 0) is 9.47 Å². The second-order valence-corrected chi connectivity index (χ2v) is 5.96. The Morgan fingerprint density at radius 2 is 1.86 bits per heavy atom. The summed E-state index contributed by atoms with van der Waals surface area (Å²) < 4.78 is 10.6. The van der Waals surface area contributed by atoms with Crippen LogP contribution < -0.4 is 0 Å². The molecule has 0 amide bonds. The van der Waals surface area contributed by atoms with E-state index in [1.807, 2.05) is 0 Å². The van der Waals surface area contributed by atoms with Gasteiger partial charge in [-0.15, -0.1) is 0 Å². The number of hydrogen-bond acceptors (Lipinski definition) is 5. The van der Waals surface area contributed by atoms with E-state index in [9.17, 15) is 15.3 Å². The van der Waals surface area contributed by atoms with E-state index in [4.69, 9.17) is 9.47 Å². The molecule has 0 aliphatic carbocycles. The van der Waals surface area contributed by atoms with E-state index in [0.717, 1.165) is 19.3 Å². The third kappa shape index (κ3) is 7.70. The first-order valence-corrected chi connectivity index (χ1v) is 8.55. The fourth-order valence-corrected chi connectivity index (χ4v) is 2.49. The summed E-state index contributed by atoms with van der Waals surface area (Å²) >= 11 is 0. The highest BCUT2D eigenvalue weighted by Crippen LogP contribution is 2.17. The summed E-state index contributed by atoms with van der Waals surface area (Å²) in [4.78, 5) is 0. The Balaban J connectivity index is 1.91. The molecule has 1 rings (SSSR count). The molecule has 0 aromatic heterocycles. The molecule has 0 aromatic rings. The lowest BCUT2D eigenvalue weighted by Gasteiger charge is -2.20. The molecule has 1 fully saturated rings. The van der Waals surface area contributed by atoms with Crippen molar-refractivity contribution in [1.82, 2.24) is 0 Å². The zero-order valence-electron chi connectivity index (χ0n) is 13.7. The maximum atomic E-state index is 9.85. The van der Waals surface area contributed by atoms with Crippen molar-refractivity contribution in [3.63, 3.8) is 0 Å². The molecule has 5 nitrogen and oxygen atoms in total. The highest BCUT2D eigenvalue weighted by atomic mass is 16.5. The van der Waals surface area contributed by atoms with Gasteiger partial charge in [0.25, 0.3) is 0 Å². The zero-order valence-corrected chi connectivity index (χ0v) is 13.7. The third-order valence-electron chi connectivity index (χ3n) is 3.89. The molecule has 130 valence electrons. The lowest BCUT2D eigenvalue weighted by molar-refractivity contribution is -0.0813.